The van der Waals surface area contributed by atoms with Gasteiger partial charge in [-0.2, -0.15) is 8.42 Å². The topological polar surface area (TPSA) is 69.2 Å². The van der Waals surface area contributed by atoms with Crippen molar-refractivity contribution in [2.75, 3.05) is 6.26 Å². The van der Waals surface area contributed by atoms with Crippen LogP contribution in [0.15, 0.2) is 54.7 Å². The monoisotopic (exact) mass is 354 g/mol. The van der Waals surface area contributed by atoms with E-state index >= 15 is 0 Å². The molecule has 128 valence electrons. The highest BCUT2D eigenvalue weighted by Gasteiger charge is 2.17. The van der Waals surface area contributed by atoms with E-state index < -0.39 is 10.1 Å². The number of aromatic nitrogens is 2. The van der Waals surface area contributed by atoms with Gasteiger partial charge in [-0.1, -0.05) is 48.5 Å². The Bertz CT molecular complexity index is 1030. The summed E-state index contributed by atoms with van der Waals surface area (Å²) in [6.07, 6.45) is 2.32. The number of benzene rings is 2. The molecule has 5 nitrogen and oxygen atoms in total. The second-order valence-electron chi connectivity index (χ2n) is 5.82. The molecule has 1 aromatic heterocycles. The molecule has 0 spiro atoms. The zero-order chi connectivity index (χ0) is 18.0. The second-order valence-corrected chi connectivity index (χ2v) is 7.40. The molecule has 6 heteroatoms. The van der Waals surface area contributed by atoms with E-state index in [0.717, 1.165) is 28.5 Å². The Balaban J connectivity index is 2.25. The number of hydrogen-bond acceptors (Lipinski definition) is 5. The van der Waals surface area contributed by atoms with Crippen molar-refractivity contribution in [2.45, 2.75) is 13.8 Å². The molecule has 0 aliphatic heterocycles. The fraction of sp³-hybridized carbons (Fsp3) is 0.158. The Morgan fingerprint density at radius 1 is 0.840 bits per heavy atom. The molecule has 0 aliphatic rings. The lowest BCUT2D eigenvalue weighted by molar-refractivity contribution is 0.481. The Morgan fingerprint density at radius 2 is 1.36 bits per heavy atom. The molecule has 3 aromatic rings. The van der Waals surface area contributed by atoms with Crippen LogP contribution in [0.1, 0.15) is 11.1 Å². The van der Waals surface area contributed by atoms with Crippen molar-refractivity contribution in [1.29, 1.82) is 0 Å². The van der Waals surface area contributed by atoms with Crippen molar-refractivity contribution in [3.8, 4) is 28.4 Å². The first-order valence-electron chi connectivity index (χ1n) is 7.73. The smallest absolute Gasteiger partial charge is 0.307 e. The molecule has 0 atom stereocenters. The molecule has 0 aliphatic carbocycles. The predicted octanol–water partition coefficient (Wildman–Crippen LogP) is 3.77. The van der Waals surface area contributed by atoms with E-state index in [1.165, 1.54) is 6.20 Å². The molecule has 2 aromatic carbocycles. The summed E-state index contributed by atoms with van der Waals surface area (Å²) in [5.41, 5.74) is 5.18. The lowest BCUT2D eigenvalue weighted by atomic mass is 9.98. The van der Waals surface area contributed by atoms with Gasteiger partial charge in [0.15, 0.2) is 0 Å². The van der Waals surface area contributed by atoms with Crippen LogP contribution in [-0.4, -0.2) is 24.6 Å². The first-order chi connectivity index (χ1) is 11.8. The third kappa shape index (κ3) is 3.85. The van der Waals surface area contributed by atoms with Crippen LogP contribution in [0.3, 0.4) is 0 Å². The number of hydrogen-bond donors (Lipinski definition) is 0. The van der Waals surface area contributed by atoms with E-state index in [1.807, 2.05) is 62.4 Å². The highest BCUT2D eigenvalue weighted by molar-refractivity contribution is 7.86. The van der Waals surface area contributed by atoms with Crippen molar-refractivity contribution in [3.05, 3.63) is 65.9 Å². The Hall–Kier alpha value is -2.73. The van der Waals surface area contributed by atoms with Crippen molar-refractivity contribution >= 4 is 10.1 Å². The van der Waals surface area contributed by atoms with Gasteiger partial charge in [0, 0.05) is 11.1 Å². The minimum atomic E-state index is -3.67. The first-order valence-corrected chi connectivity index (χ1v) is 9.55. The highest BCUT2D eigenvalue weighted by Crippen LogP contribution is 2.33. The van der Waals surface area contributed by atoms with E-state index in [4.69, 9.17) is 4.18 Å². The van der Waals surface area contributed by atoms with Crippen LogP contribution < -0.4 is 4.18 Å². The zero-order valence-electron chi connectivity index (χ0n) is 14.2. The van der Waals surface area contributed by atoms with Crippen LogP contribution in [0.4, 0.5) is 0 Å². The maximum absolute atomic E-state index is 11.4. The quantitative estimate of drug-likeness (QED) is 0.667. The number of aryl methyl sites for hydroxylation is 2. The van der Waals surface area contributed by atoms with Crippen LogP contribution in [0, 0.1) is 13.8 Å². The Labute approximate surface area is 147 Å². The third-order valence-electron chi connectivity index (χ3n) is 3.79. The lowest BCUT2D eigenvalue weighted by Gasteiger charge is -2.13. The van der Waals surface area contributed by atoms with E-state index in [1.54, 1.807) is 0 Å². The molecular formula is C19H18N2O3S. The van der Waals surface area contributed by atoms with Crippen LogP contribution in [0.5, 0.6) is 5.88 Å². The van der Waals surface area contributed by atoms with E-state index in [-0.39, 0.29) is 5.88 Å². The molecule has 0 bridgehead atoms. The minimum Gasteiger partial charge on any atom is -0.360 e. The molecule has 0 fully saturated rings. The van der Waals surface area contributed by atoms with Gasteiger partial charge in [0.25, 0.3) is 5.88 Å². The van der Waals surface area contributed by atoms with E-state index in [9.17, 15) is 8.42 Å². The van der Waals surface area contributed by atoms with Crippen LogP contribution >= 0.6 is 0 Å². The maximum Gasteiger partial charge on any atom is 0.307 e. The lowest BCUT2D eigenvalue weighted by Crippen LogP contribution is -2.08. The highest BCUT2D eigenvalue weighted by atomic mass is 32.2. The first kappa shape index (κ1) is 17.1. The van der Waals surface area contributed by atoms with Crippen molar-refractivity contribution < 1.29 is 12.6 Å². The molecule has 25 heavy (non-hydrogen) atoms. The molecule has 3 rings (SSSR count). The van der Waals surface area contributed by atoms with Gasteiger partial charge >= 0.3 is 10.1 Å². The van der Waals surface area contributed by atoms with Gasteiger partial charge in [-0.25, -0.2) is 9.97 Å². The molecule has 0 N–H and O–H groups in total. The summed E-state index contributed by atoms with van der Waals surface area (Å²) in [6.45, 7) is 3.97. The average Bonchev–Trinajstić information content (AvgIpc) is 2.55. The van der Waals surface area contributed by atoms with Gasteiger partial charge < -0.3 is 4.18 Å². The van der Waals surface area contributed by atoms with Crippen molar-refractivity contribution in [2.24, 2.45) is 0 Å². The predicted molar refractivity (Wildman–Crippen MR) is 97.8 cm³/mol. The molecule has 0 saturated carbocycles. The normalized spacial score (nSPS) is 11.3. The minimum absolute atomic E-state index is 0.0434. The van der Waals surface area contributed by atoms with Crippen LogP contribution in [0.2, 0.25) is 0 Å². The van der Waals surface area contributed by atoms with Gasteiger partial charge in [0.2, 0.25) is 0 Å². The molecule has 0 saturated heterocycles. The summed E-state index contributed by atoms with van der Waals surface area (Å²) in [7, 11) is -3.67. The second kappa shape index (κ2) is 6.64. The molecule has 0 radical (unpaired) electrons. The zero-order valence-corrected chi connectivity index (χ0v) is 15.0. The third-order valence-corrected chi connectivity index (χ3v) is 4.26. The number of nitrogens with zero attached hydrogens (tertiary/aromatic N) is 2. The summed E-state index contributed by atoms with van der Waals surface area (Å²) in [5.74, 6) is -0.0434. The van der Waals surface area contributed by atoms with E-state index in [2.05, 4.69) is 9.97 Å². The Morgan fingerprint density at radius 3 is 1.88 bits per heavy atom. The largest absolute Gasteiger partial charge is 0.360 e. The fourth-order valence-corrected chi connectivity index (χ4v) is 3.02. The van der Waals surface area contributed by atoms with Gasteiger partial charge in [0.05, 0.1) is 18.1 Å². The molecular weight excluding hydrogens is 336 g/mol. The van der Waals surface area contributed by atoms with Gasteiger partial charge in [-0.15, -0.1) is 0 Å². The van der Waals surface area contributed by atoms with Gasteiger partial charge in [0.1, 0.15) is 5.69 Å². The summed E-state index contributed by atoms with van der Waals surface area (Å²) >= 11 is 0. The van der Waals surface area contributed by atoms with E-state index in [0.29, 0.717) is 11.4 Å². The SMILES string of the molecule is Cc1ccccc1-c1ncc(OS(C)(=O)=O)nc1-c1ccccc1C. The number of rotatable bonds is 4. The summed E-state index contributed by atoms with van der Waals surface area (Å²) in [6, 6.07) is 15.6. The van der Waals surface area contributed by atoms with Crippen molar-refractivity contribution in [1.82, 2.24) is 9.97 Å². The van der Waals surface area contributed by atoms with Crippen LogP contribution in [0.25, 0.3) is 22.5 Å². The molecule has 0 amide bonds. The fourth-order valence-electron chi connectivity index (χ4n) is 2.63. The van der Waals surface area contributed by atoms with Crippen molar-refractivity contribution in [3.63, 3.8) is 0 Å². The van der Waals surface area contributed by atoms with Crippen LogP contribution in [-0.2, 0) is 10.1 Å². The molecule has 0 unspecified atom stereocenters. The summed E-state index contributed by atoms with van der Waals surface area (Å²) < 4.78 is 27.8. The standard InChI is InChI=1S/C19H18N2O3S/c1-13-8-4-6-10-15(13)18-19(16-11-7-5-9-14(16)2)21-17(12-20-18)24-25(3,22)23/h4-12H,1-3H3. The maximum atomic E-state index is 11.4. The van der Waals surface area contributed by atoms with Gasteiger partial charge in [-0.3, -0.25) is 0 Å². The Kier molecular flexibility index (Phi) is 4.55. The summed E-state index contributed by atoms with van der Waals surface area (Å²) in [4.78, 5) is 8.90. The average molecular weight is 354 g/mol. The molecule has 1 heterocycles. The summed E-state index contributed by atoms with van der Waals surface area (Å²) in [5, 5.41) is 0. The van der Waals surface area contributed by atoms with Gasteiger partial charge in [-0.05, 0) is 25.0 Å².